The van der Waals surface area contributed by atoms with Crippen molar-refractivity contribution >= 4 is 35.6 Å². The summed E-state index contributed by atoms with van der Waals surface area (Å²) in [5, 5.41) is 25.2. The summed E-state index contributed by atoms with van der Waals surface area (Å²) in [5.41, 5.74) is 10.6. The number of carboxylic acid groups (broad SMARTS) is 2. The molecule has 0 radical (unpaired) electrons. The molecule has 0 aromatic rings. The zero-order chi connectivity index (χ0) is 25.9. The molecule has 0 spiro atoms. The van der Waals surface area contributed by atoms with Crippen LogP contribution in [0.4, 0.5) is 0 Å². The van der Waals surface area contributed by atoms with E-state index >= 15 is 0 Å². The molecule has 0 aliphatic carbocycles. The Balaban J connectivity index is 5.59. The molecule has 9 N–H and O–H groups in total. The largest absolute Gasteiger partial charge is 0.481 e. The highest BCUT2D eigenvalue weighted by atomic mass is 16.4. The van der Waals surface area contributed by atoms with E-state index in [1.54, 1.807) is 27.7 Å². The SMILES string of the molecule is CCC(C)C(NC(=O)C(CC(C)C)NC(=O)C(N)CC(=O)O)C(=O)NC(CC(N)=O)C(=O)O. The van der Waals surface area contributed by atoms with Crippen LogP contribution in [0.25, 0.3) is 0 Å². The quantitative estimate of drug-likeness (QED) is 0.143. The summed E-state index contributed by atoms with van der Waals surface area (Å²) in [5.74, 6) is -6.54. The Kier molecular flexibility index (Phi) is 12.7. The number of nitrogens with one attached hydrogen (secondary N) is 3. The Morgan fingerprint density at radius 1 is 0.818 bits per heavy atom. The molecule has 33 heavy (non-hydrogen) atoms. The van der Waals surface area contributed by atoms with E-state index < -0.39 is 78.5 Å². The van der Waals surface area contributed by atoms with Gasteiger partial charge in [0.15, 0.2) is 0 Å². The lowest BCUT2D eigenvalue weighted by molar-refractivity contribution is -0.144. The van der Waals surface area contributed by atoms with Gasteiger partial charge in [0, 0.05) is 0 Å². The average Bonchev–Trinajstić information content (AvgIpc) is 2.68. The lowest BCUT2D eigenvalue weighted by atomic mass is 9.96. The van der Waals surface area contributed by atoms with Crippen molar-refractivity contribution in [3.8, 4) is 0 Å². The van der Waals surface area contributed by atoms with E-state index in [4.69, 9.17) is 16.6 Å². The van der Waals surface area contributed by atoms with Gasteiger partial charge in [0.1, 0.15) is 18.1 Å². The van der Waals surface area contributed by atoms with Crippen LogP contribution >= 0.6 is 0 Å². The van der Waals surface area contributed by atoms with Gasteiger partial charge in [-0.15, -0.1) is 0 Å². The van der Waals surface area contributed by atoms with Crippen molar-refractivity contribution in [1.29, 1.82) is 0 Å². The second kappa shape index (κ2) is 14.0. The van der Waals surface area contributed by atoms with Gasteiger partial charge in [-0.05, 0) is 18.3 Å². The summed E-state index contributed by atoms with van der Waals surface area (Å²) in [6.45, 7) is 7.01. The number of carbonyl (C=O) groups excluding carboxylic acids is 4. The molecule has 0 saturated carbocycles. The van der Waals surface area contributed by atoms with Crippen molar-refractivity contribution in [2.75, 3.05) is 0 Å². The van der Waals surface area contributed by atoms with Crippen LogP contribution in [0.1, 0.15) is 53.4 Å². The Morgan fingerprint density at radius 2 is 1.36 bits per heavy atom. The van der Waals surface area contributed by atoms with Crippen molar-refractivity contribution in [3.63, 3.8) is 0 Å². The Labute approximate surface area is 192 Å². The Morgan fingerprint density at radius 3 is 1.79 bits per heavy atom. The van der Waals surface area contributed by atoms with E-state index in [0.29, 0.717) is 6.42 Å². The van der Waals surface area contributed by atoms with Gasteiger partial charge in [0.05, 0.1) is 18.9 Å². The number of primary amides is 1. The molecule has 13 heteroatoms. The molecule has 4 amide bonds. The number of nitrogens with two attached hydrogens (primary N) is 2. The summed E-state index contributed by atoms with van der Waals surface area (Å²) >= 11 is 0. The summed E-state index contributed by atoms with van der Waals surface area (Å²) < 4.78 is 0. The minimum Gasteiger partial charge on any atom is -0.481 e. The maximum atomic E-state index is 12.9. The van der Waals surface area contributed by atoms with Gasteiger partial charge in [-0.25, -0.2) is 4.79 Å². The van der Waals surface area contributed by atoms with E-state index in [0.717, 1.165) is 0 Å². The predicted octanol–water partition coefficient (Wildman–Crippen LogP) is -1.70. The van der Waals surface area contributed by atoms with Crippen molar-refractivity contribution in [3.05, 3.63) is 0 Å². The number of aliphatic carboxylic acids is 2. The van der Waals surface area contributed by atoms with Gasteiger partial charge in [0.2, 0.25) is 23.6 Å². The molecule has 5 atom stereocenters. The topological polar surface area (TPSA) is 231 Å². The lowest BCUT2D eigenvalue weighted by Crippen LogP contribution is -2.59. The van der Waals surface area contributed by atoms with Gasteiger partial charge in [-0.3, -0.25) is 24.0 Å². The van der Waals surface area contributed by atoms with Crippen LogP contribution in [0, 0.1) is 11.8 Å². The van der Waals surface area contributed by atoms with E-state index in [-0.39, 0.29) is 12.3 Å². The van der Waals surface area contributed by atoms with E-state index in [1.807, 2.05) is 0 Å². The number of amides is 4. The molecular weight excluding hydrogens is 438 g/mol. The first-order chi connectivity index (χ1) is 15.2. The molecule has 0 rings (SSSR count). The van der Waals surface area contributed by atoms with Gasteiger partial charge in [-0.1, -0.05) is 34.1 Å². The minimum atomic E-state index is -1.57. The minimum absolute atomic E-state index is 0.0559. The highest BCUT2D eigenvalue weighted by Crippen LogP contribution is 2.12. The predicted molar refractivity (Wildman–Crippen MR) is 116 cm³/mol. The van der Waals surface area contributed by atoms with E-state index in [2.05, 4.69) is 16.0 Å². The van der Waals surface area contributed by atoms with Crippen LogP contribution in [0.2, 0.25) is 0 Å². The first-order valence-corrected chi connectivity index (χ1v) is 10.6. The third kappa shape index (κ3) is 11.3. The summed E-state index contributed by atoms with van der Waals surface area (Å²) in [4.78, 5) is 71.2. The molecule has 0 heterocycles. The Hall–Kier alpha value is -3.22. The average molecular weight is 474 g/mol. The van der Waals surface area contributed by atoms with Crippen LogP contribution < -0.4 is 27.4 Å². The molecule has 0 aliphatic heterocycles. The van der Waals surface area contributed by atoms with Crippen LogP contribution in [0.5, 0.6) is 0 Å². The number of rotatable bonds is 15. The molecule has 0 bridgehead atoms. The standard InChI is InChI=1S/C20H35N5O8/c1-5-10(4)16(19(31)24-13(20(32)33)8-14(22)26)25-18(30)12(6-9(2)3)23-17(29)11(21)7-15(27)28/h9-13,16H,5-8,21H2,1-4H3,(H2,22,26)(H,23,29)(H,24,31)(H,25,30)(H,27,28)(H,32,33). The van der Waals surface area contributed by atoms with E-state index in [9.17, 15) is 33.9 Å². The molecular formula is C20H35N5O8. The fourth-order valence-corrected chi connectivity index (χ4v) is 2.88. The maximum absolute atomic E-state index is 12.9. The van der Waals surface area contributed by atoms with Crippen LogP contribution in [0.3, 0.4) is 0 Å². The molecule has 13 nitrogen and oxygen atoms in total. The smallest absolute Gasteiger partial charge is 0.326 e. The highest BCUT2D eigenvalue weighted by molar-refractivity contribution is 5.95. The van der Waals surface area contributed by atoms with Crippen molar-refractivity contribution in [1.82, 2.24) is 16.0 Å². The highest BCUT2D eigenvalue weighted by Gasteiger charge is 2.33. The van der Waals surface area contributed by atoms with Crippen molar-refractivity contribution in [2.45, 2.75) is 77.5 Å². The Bertz CT molecular complexity index is 742. The van der Waals surface area contributed by atoms with Crippen molar-refractivity contribution < 1.29 is 39.0 Å². The normalized spacial score (nSPS) is 15.5. The van der Waals surface area contributed by atoms with E-state index in [1.165, 1.54) is 0 Å². The number of carbonyl (C=O) groups is 6. The van der Waals surface area contributed by atoms with Gasteiger partial charge in [0.25, 0.3) is 0 Å². The first kappa shape index (κ1) is 29.8. The van der Waals surface area contributed by atoms with Crippen LogP contribution in [0.15, 0.2) is 0 Å². The molecule has 0 aromatic heterocycles. The molecule has 0 aliphatic rings. The van der Waals surface area contributed by atoms with Crippen molar-refractivity contribution in [2.24, 2.45) is 23.3 Å². The fourth-order valence-electron chi connectivity index (χ4n) is 2.88. The zero-order valence-corrected chi connectivity index (χ0v) is 19.3. The second-order valence-electron chi connectivity index (χ2n) is 8.34. The lowest BCUT2D eigenvalue weighted by Gasteiger charge is -2.28. The molecule has 188 valence electrons. The second-order valence-corrected chi connectivity index (χ2v) is 8.34. The maximum Gasteiger partial charge on any atom is 0.326 e. The number of hydrogen-bond acceptors (Lipinski definition) is 7. The summed E-state index contributed by atoms with van der Waals surface area (Å²) in [7, 11) is 0. The summed E-state index contributed by atoms with van der Waals surface area (Å²) in [6.07, 6.45) is -0.645. The fraction of sp³-hybridized carbons (Fsp3) is 0.700. The molecule has 0 aromatic carbocycles. The van der Waals surface area contributed by atoms with Crippen LogP contribution in [-0.2, 0) is 28.8 Å². The third-order valence-corrected chi connectivity index (χ3v) is 4.88. The first-order valence-electron chi connectivity index (χ1n) is 10.6. The van der Waals surface area contributed by atoms with Gasteiger partial charge >= 0.3 is 11.9 Å². The molecule has 5 unspecified atom stereocenters. The van der Waals surface area contributed by atoms with Crippen LogP contribution in [-0.4, -0.2) is 69.9 Å². The molecule has 0 saturated heterocycles. The number of carboxylic acids is 2. The zero-order valence-electron chi connectivity index (χ0n) is 19.3. The number of hydrogen-bond donors (Lipinski definition) is 7. The third-order valence-electron chi connectivity index (χ3n) is 4.88. The summed E-state index contributed by atoms with van der Waals surface area (Å²) in [6, 6.07) is -5.23. The monoisotopic (exact) mass is 473 g/mol. The van der Waals surface area contributed by atoms with Gasteiger partial charge < -0.3 is 37.6 Å². The van der Waals surface area contributed by atoms with Gasteiger partial charge in [-0.2, -0.15) is 0 Å². The molecule has 0 fully saturated rings.